The average molecular weight is 683 g/mol. The van der Waals surface area contributed by atoms with E-state index in [0.29, 0.717) is 23.4 Å². The van der Waals surface area contributed by atoms with Crippen molar-refractivity contribution in [3.8, 4) is 45.6 Å². The number of rotatable bonds is 4. The highest BCUT2D eigenvalue weighted by atomic mass is 32.1. The molecule has 0 N–H and O–H groups in total. The first kappa shape index (κ1) is 29.0. The van der Waals surface area contributed by atoms with Crippen LogP contribution in [0.2, 0.25) is 0 Å². The molecule has 0 atom stereocenters. The van der Waals surface area contributed by atoms with Gasteiger partial charge in [0, 0.05) is 47.8 Å². The van der Waals surface area contributed by atoms with Crippen molar-refractivity contribution < 1.29 is 4.42 Å². The molecular weight excluding hydrogens is 657 g/mol. The third-order valence-corrected chi connectivity index (χ3v) is 11.1. The van der Waals surface area contributed by atoms with Gasteiger partial charge in [0.1, 0.15) is 5.52 Å². The van der Waals surface area contributed by atoms with E-state index in [1.54, 1.807) is 11.3 Å². The van der Waals surface area contributed by atoms with Crippen LogP contribution in [0.3, 0.4) is 0 Å². The van der Waals surface area contributed by atoms with Gasteiger partial charge in [-0.05, 0) is 75.5 Å². The van der Waals surface area contributed by atoms with Crippen molar-refractivity contribution in [2.24, 2.45) is 0 Å². The van der Waals surface area contributed by atoms with Crippen molar-refractivity contribution in [2.45, 2.75) is 0 Å². The van der Waals surface area contributed by atoms with Gasteiger partial charge >= 0.3 is 0 Å². The van der Waals surface area contributed by atoms with Crippen molar-refractivity contribution in [1.82, 2.24) is 19.9 Å². The van der Waals surface area contributed by atoms with E-state index < -0.39 is 0 Å². The van der Waals surface area contributed by atoms with Crippen molar-refractivity contribution in [2.75, 3.05) is 0 Å². The lowest BCUT2D eigenvalue weighted by atomic mass is 9.97. The Labute approximate surface area is 301 Å². The molecule has 0 fully saturated rings. The number of hydrogen-bond donors (Lipinski definition) is 0. The van der Waals surface area contributed by atoms with Crippen molar-refractivity contribution in [1.29, 1.82) is 0 Å². The van der Waals surface area contributed by atoms with Gasteiger partial charge < -0.3 is 4.42 Å². The summed E-state index contributed by atoms with van der Waals surface area (Å²) in [7, 11) is 0. The molecule has 0 aliphatic rings. The molecule has 6 heteroatoms. The lowest BCUT2D eigenvalue weighted by Gasteiger charge is -2.12. The number of benzene rings is 8. The Kier molecular flexibility index (Phi) is 6.35. The van der Waals surface area contributed by atoms with Crippen LogP contribution in [0.4, 0.5) is 0 Å². The Hall–Kier alpha value is -6.76. The monoisotopic (exact) mass is 682 g/mol. The van der Waals surface area contributed by atoms with E-state index in [1.165, 1.54) is 20.2 Å². The number of thiophene rings is 1. The summed E-state index contributed by atoms with van der Waals surface area (Å²) in [5.41, 5.74) is 5.42. The van der Waals surface area contributed by atoms with Gasteiger partial charge in [0.2, 0.25) is 5.89 Å². The summed E-state index contributed by atoms with van der Waals surface area (Å²) >= 11 is 1.78. The molecule has 0 spiro atoms. The molecule has 11 rings (SSSR count). The van der Waals surface area contributed by atoms with E-state index in [1.807, 2.05) is 54.6 Å². The standard InChI is InChI=1S/C46H26N4OS/c1-3-11-28(12-4-1)43-48-44(50-45(49-43)35-25-30-15-7-8-16-32(30)33-17-9-10-18-34(33)35)31-21-23-38-36(26-31)41-39(52-38)24-20-27-19-22-37-42(40(27)41)51-46(47-37)29-13-5-2-6-14-29/h1-26H. The van der Waals surface area contributed by atoms with E-state index in [4.69, 9.17) is 24.4 Å². The van der Waals surface area contributed by atoms with Gasteiger partial charge in [-0.25, -0.2) is 19.9 Å². The molecule has 5 nitrogen and oxygen atoms in total. The zero-order chi connectivity index (χ0) is 34.2. The molecule has 0 aliphatic carbocycles. The third kappa shape index (κ3) is 4.55. The Morgan fingerprint density at radius 2 is 1.06 bits per heavy atom. The zero-order valence-electron chi connectivity index (χ0n) is 27.6. The maximum atomic E-state index is 6.56. The predicted molar refractivity (Wildman–Crippen MR) is 215 cm³/mol. The van der Waals surface area contributed by atoms with Crippen LogP contribution in [0, 0.1) is 0 Å². The summed E-state index contributed by atoms with van der Waals surface area (Å²) in [6.45, 7) is 0. The smallest absolute Gasteiger partial charge is 0.227 e. The van der Waals surface area contributed by atoms with Gasteiger partial charge in [0.15, 0.2) is 23.1 Å². The minimum atomic E-state index is 0.618. The molecule has 3 aromatic heterocycles. The van der Waals surface area contributed by atoms with Crippen LogP contribution < -0.4 is 0 Å². The van der Waals surface area contributed by atoms with Crippen LogP contribution in [0.15, 0.2) is 162 Å². The number of fused-ring (bicyclic) bond motifs is 10. The third-order valence-electron chi connectivity index (χ3n) is 9.92. The average Bonchev–Trinajstić information content (AvgIpc) is 3.83. The van der Waals surface area contributed by atoms with Gasteiger partial charge in [-0.1, -0.05) is 109 Å². The number of oxazole rings is 1. The van der Waals surface area contributed by atoms with E-state index in [9.17, 15) is 0 Å². The van der Waals surface area contributed by atoms with Gasteiger partial charge in [-0.2, -0.15) is 0 Å². The van der Waals surface area contributed by atoms with Gasteiger partial charge in [0.05, 0.1) is 0 Å². The fourth-order valence-corrected chi connectivity index (χ4v) is 8.58. The number of nitrogens with zero attached hydrogens (tertiary/aromatic N) is 4. The fraction of sp³-hybridized carbons (Fsp3) is 0. The zero-order valence-corrected chi connectivity index (χ0v) is 28.4. The number of hydrogen-bond acceptors (Lipinski definition) is 6. The van der Waals surface area contributed by atoms with Crippen molar-refractivity contribution in [3.63, 3.8) is 0 Å². The molecule has 11 aromatic rings. The highest BCUT2D eigenvalue weighted by molar-refractivity contribution is 7.26. The van der Waals surface area contributed by atoms with Crippen LogP contribution >= 0.6 is 11.3 Å². The molecular formula is C46H26N4OS. The van der Waals surface area contributed by atoms with Crippen LogP contribution in [0.5, 0.6) is 0 Å². The minimum Gasteiger partial charge on any atom is -0.435 e. The van der Waals surface area contributed by atoms with Crippen molar-refractivity contribution >= 4 is 74.9 Å². The Morgan fingerprint density at radius 3 is 1.88 bits per heavy atom. The Balaban J connectivity index is 1.16. The first-order valence-electron chi connectivity index (χ1n) is 17.2. The predicted octanol–water partition coefficient (Wildman–Crippen LogP) is 12.5. The summed E-state index contributed by atoms with van der Waals surface area (Å²) in [5, 5.41) is 9.09. The van der Waals surface area contributed by atoms with E-state index in [2.05, 4.69) is 103 Å². The molecule has 0 radical (unpaired) electrons. The Morgan fingerprint density at radius 1 is 0.404 bits per heavy atom. The second-order valence-corrected chi connectivity index (χ2v) is 14.1. The number of aromatic nitrogens is 4. The molecule has 0 unspecified atom stereocenters. The molecule has 0 saturated heterocycles. The molecule has 0 amide bonds. The maximum Gasteiger partial charge on any atom is 0.227 e. The van der Waals surface area contributed by atoms with Crippen LogP contribution in [-0.2, 0) is 0 Å². The SMILES string of the molecule is c1ccc(-c2nc(-c3ccc4sc5ccc6ccc7nc(-c8ccccc8)oc7c6c5c4c3)nc(-c3cc4ccccc4c4ccccc34)n2)cc1. The molecule has 242 valence electrons. The Bertz CT molecular complexity index is 3190. The van der Waals surface area contributed by atoms with Gasteiger partial charge in [0.25, 0.3) is 0 Å². The normalized spacial score (nSPS) is 11.8. The highest BCUT2D eigenvalue weighted by Crippen LogP contribution is 2.43. The molecule has 0 bridgehead atoms. The van der Waals surface area contributed by atoms with E-state index in [-0.39, 0.29) is 0 Å². The first-order valence-corrected chi connectivity index (χ1v) is 18.0. The molecule has 0 aliphatic heterocycles. The lowest BCUT2D eigenvalue weighted by molar-refractivity contribution is 0.623. The largest absolute Gasteiger partial charge is 0.435 e. The first-order chi connectivity index (χ1) is 25.7. The second kappa shape index (κ2) is 11.4. The highest BCUT2D eigenvalue weighted by Gasteiger charge is 2.19. The molecule has 8 aromatic carbocycles. The fourth-order valence-electron chi connectivity index (χ4n) is 7.49. The van der Waals surface area contributed by atoms with Gasteiger partial charge in [-0.3, -0.25) is 0 Å². The lowest BCUT2D eigenvalue weighted by Crippen LogP contribution is -2.00. The topological polar surface area (TPSA) is 64.7 Å². The summed E-state index contributed by atoms with van der Waals surface area (Å²) < 4.78 is 8.94. The quantitative estimate of drug-likeness (QED) is 0.173. The van der Waals surface area contributed by atoms with Crippen LogP contribution in [0.25, 0.3) is 109 Å². The summed E-state index contributed by atoms with van der Waals surface area (Å²) in [5.74, 6) is 2.52. The van der Waals surface area contributed by atoms with Crippen LogP contribution in [-0.4, -0.2) is 19.9 Å². The van der Waals surface area contributed by atoms with Crippen molar-refractivity contribution in [3.05, 3.63) is 158 Å². The van der Waals surface area contributed by atoms with E-state index >= 15 is 0 Å². The molecule has 52 heavy (non-hydrogen) atoms. The summed E-state index contributed by atoms with van der Waals surface area (Å²) in [6, 6.07) is 54.6. The van der Waals surface area contributed by atoms with Crippen LogP contribution in [0.1, 0.15) is 0 Å². The second-order valence-electron chi connectivity index (χ2n) is 13.0. The van der Waals surface area contributed by atoms with Gasteiger partial charge in [-0.15, -0.1) is 11.3 Å². The summed E-state index contributed by atoms with van der Waals surface area (Å²) in [4.78, 5) is 20.4. The minimum absolute atomic E-state index is 0.618. The summed E-state index contributed by atoms with van der Waals surface area (Å²) in [6.07, 6.45) is 0. The maximum absolute atomic E-state index is 6.56. The molecule has 0 saturated carbocycles. The molecule has 3 heterocycles. The van der Waals surface area contributed by atoms with E-state index in [0.717, 1.165) is 65.7 Å².